The smallest absolute Gasteiger partial charge is 0.190 e. The molecule has 3 rings (SSSR count). The van der Waals surface area contributed by atoms with E-state index >= 15 is 0 Å². The van der Waals surface area contributed by atoms with Gasteiger partial charge in [-0.25, -0.2) is 0 Å². The Balaban J connectivity index is 1.68. The van der Waals surface area contributed by atoms with Crippen molar-refractivity contribution >= 4 is 0 Å². The van der Waals surface area contributed by atoms with Crippen LogP contribution in [0.4, 0.5) is 0 Å². The summed E-state index contributed by atoms with van der Waals surface area (Å²) in [7, 11) is 0. The molecular formula is C13H22O5. The van der Waals surface area contributed by atoms with E-state index in [-0.39, 0.29) is 37.2 Å². The lowest BCUT2D eigenvalue weighted by atomic mass is 10.1. The van der Waals surface area contributed by atoms with Gasteiger partial charge >= 0.3 is 0 Å². The van der Waals surface area contributed by atoms with Crippen LogP contribution in [0.25, 0.3) is 0 Å². The molecule has 0 spiro atoms. The third-order valence-electron chi connectivity index (χ3n) is 3.63. The van der Waals surface area contributed by atoms with Gasteiger partial charge in [0.25, 0.3) is 0 Å². The van der Waals surface area contributed by atoms with Crippen LogP contribution in [-0.2, 0) is 23.7 Å². The first-order valence-corrected chi connectivity index (χ1v) is 6.79. The molecule has 0 bridgehead atoms. The van der Waals surface area contributed by atoms with Gasteiger partial charge in [-0.05, 0) is 0 Å². The van der Waals surface area contributed by atoms with Gasteiger partial charge < -0.3 is 23.7 Å². The van der Waals surface area contributed by atoms with Crippen LogP contribution in [0.5, 0.6) is 0 Å². The molecule has 3 aliphatic rings. The lowest BCUT2D eigenvalue weighted by Crippen LogP contribution is -2.47. The summed E-state index contributed by atoms with van der Waals surface area (Å²) in [6.45, 7) is 8.87. The first-order chi connectivity index (χ1) is 8.56. The van der Waals surface area contributed by atoms with E-state index in [1.165, 1.54) is 0 Å². The van der Waals surface area contributed by atoms with Gasteiger partial charge in [0.2, 0.25) is 0 Å². The Bertz CT molecular complexity index is 306. The number of rotatable bonds is 2. The molecule has 3 aliphatic heterocycles. The molecule has 3 saturated heterocycles. The van der Waals surface area contributed by atoms with Gasteiger partial charge in [0, 0.05) is 11.8 Å². The number of hydrogen-bond acceptors (Lipinski definition) is 5. The van der Waals surface area contributed by atoms with Crippen LogP contribution in [0.1, 0.15) is 27.7 Å². The maximum Gasteiger partial charge on any atom is 0.190 e. The first-order valence-electron chi connectivity index (χ1n) is 6.79. The van der Waals surface area contributed by atoms with Crippen molar-refractivity contribution < 1.29 is 23.7 Å². The van der Waals surface area contributed by atoms with E-state index in [4.69, 9.17) is 23.7 Å². The second kappa shape index (κ2) is 4.72. The summed E-state index contributed by atoms with van der Waals surface area (Å²) in [6, 6.07) is 0. The molecular weight excluding hydrogens is 236 g/mol. The van der Waals surface area contributed by atoms with Gasteiger partial charge in [-0.1, -0.05) is 27.7 Å². The SMILES string of the molecule is CC(C)C1OC[C@H]2O[C@@H]3OC(C(C)C)O[C@@H]3[C@H]2O1. The molecule has 104 valence electrons. The third-order valence-corrected chi connectivity index (χ3v) is 3.63. The second-order valence-corrected chi connectivity index (χ2v) is 5.94. The Morgan fingerprint density at radius 1 is 0.778 bits per heavy atom. The molecule has 5 nitrogen and oxygen atoms in total. The van der Waals surface area contributed by atoms with Crippen molar-refractivity contribution in [1.29, 1.82) is 0 Å². The van der Waals surface area contributed by atoms with Crippen molar-refractivity contribution in [2.24, 2.45) is 11.8 Å². The molecule has 6 atom stereocenters. The maximum absolute atomic E-state index is 5.96. The summed E-state index contributed by atoms with van der Waals surface area (Å²) in [5, 5.41) is 0. The Labute approximate surface area is 108 Å². The van der Waals surface area contributed by atoms with E-state index in [1.54, 1.807) is 0 Å². The molecule has 3 fully saturated rings. The fourth-order valence-corrected chi connectivity index (χ4v) is 2.61. The number of hydrogen-bond donors (Lipinski definition) is 0. The van der Waals surface area contributed by atoms with E-state index in [0.29, 0.717) is 18.4 Å². The molecule has 3 heterocycles. The van der Waals surface area contributed by atoms with Gasteiger partial charge in [-0.2, -0.15) is 0 Å². The quantitative estimate of drug-likeness (QED) is 0.751. The fraction of sp³-hybridized carbons (Fsp3) is 1.00. The highest BCUT2D eigenvalue weighted by Gasteiger charge is 2.55. The van der Waals surface area contributed by atoms with E-state index in [2.05, 4.69) is 27.7 Å². The molecule has 0 N–H and O–H groups in total. The van der Waals surface area contributed by atoms with Crippen molar-refractivity contribution in [3.63, 3.8) is 0 Å². The van der Waals surface area contributed by atoms with E-state index < -0.39 is 0 Å². The molecule has 0 aliphatic carbocycles. The molecule has 0 aromatic heterocycles. The second-order valence-electron chi connectivity index (χ2n) is 5.94. The van der Waals surface area contributed by atoms with Gasteiger partial charge in [-0.15, -0.1) is 0 Å². The molecule has 0 aromatic carbocycles. The topological polar surface area (TPSA) is 46.2 Å². The zero-order chi connectivity index (χ0) is 12.9. The molecule has 2 unspecified atom stereocenters. The van der Waals surface area contributed by atoms with Gasteiger partial charge in [0.1, 0.15) is 18.3 Å². The fourth-order valence-electron chi connectivity index (χ4n) is 2.61. The minimum atomic E-state index is -0.304. The third kappa shape index (κ3) is 2.08. The van der Waals surface area contributed by atoms with Crippen LogP contribution in [0.3, 0.4) is 0 Å². The monoisotopic (exact) mass is 258 g/mol. The van der Waals surface area contributed by atoms with Crippen LogP contribution in [0, 0.1) is 11.8 Å². The van der Waals surface area contributed by atoms with Gasteiger partial charge in [0.15, 0.2) is 18.9 Å². The Morgan fingerprint density at radius 2 is 1.44 bits per heavy atom. The van der Waals surface area contributed by atoms with Crippen LogP contribution in [-0.4, -0.2) is 43.8 Å². The minimum absolute atomic E-state index is 0.0666. The molecule has 0 saturated carbocycles. The lowest BCUT2D eigenvalue weighted by Gasteiger charge is -2.35. The molecule has 18 heavy (non-hydrogen) atoms. The molecule has 0 amide bonds. The Morgan fingerprint density at radius 3 is 2.11 bits per heavy atom. The van der Waals surface area contributed by atoms with Crippen molar-refractivity contribution in [2.75, 3.05) is 6.61 Å². The van der Waals surface area contributed by atoms with E-state index in [9.17, 15) is 0 Å². The normalized spacial score (nSPS) is 47.7. The van der Waals surface area contributed by atoms with Crippen LogP contribution in [0.15, 0.2) is 0 Å². The van der Waals surface area contributed by atoms with Crippen LogP contribution in [0.2, 0.25) is 0 Å². The highest BCUT2D eigenvalue weighted by atomic mass is 16.8. The maximum atomic E-state index is 5.96. The summed E-state index contributed by atoms with van der Waals surface area (Å²) in [4.78, 5) is 0. The molecule has 0 radical (unpaired) electrons. The average molecular weight is 258 g/mol. The zero-order valence-electron chi connectivity index (χ0n) is 11.4. The van der Waals surface area contributed by atoms with Gasteiger partial charge in [-0.3, -0.25) is 0 Å². The summed E-state index contributed by atoms with van der Waals surface area (Å²) in [5.74, 6) is 0.645. The van der Waals surface area contributed by atoms with Crippen molar-refractivity contribution in [1.82, 2.24) is 0 Å². The van der Waals surface area contributed by atoms with Crippen molar-refractivity contribution in [3.05, 3.63) is 0 Å². The van der Waals surface area contributed by atoms with E-state index in [0.717, 1.165) is 0 Å². The minimum Gasteiger partial charge on any atom is -0.350 e. The van der Waals surface area contributed by atoms with Crippen molar-refractivity contribution in [3.8, 4) is 0 Å². The Kier molecular flexibility index (Phi) is 3.36. The van der Waals surface area contributed by atoms with Gasteiger partial charge in [0.05, 0.1) is 6.61 Å². The predicted molar refractivity (Wildman–Crippen MR) is 62.7 cm³/mol. The highest BCUT2D eigenvalue weighted by Crippen LogP contribution is 2.39. The average Bonchev–Trinajstić information content (AvgIpc) is 2.84. The predicted octanol–water partition coefficient (Wildman–Crippen LogP) is 1.51. The number of ether oxygens (including phenoxy) is 5. The van der Waals surface area contributed by atoms with Crippen LogP contribution >= 0.6 is 0 Å². The summed E-state index contributed by atoms with van der Waals surface area (Å²) in [6.07, 6.45) is -0.919. The van der Waals surface area contributed by atoms with Crippen molar-refractivity contribution in [2.45, 2.75) is 64.9 Å². The summed E-state index contributed by atoms with van der Waals surface area (Å²) < 4.78 is 29.1. The lowest BCUT2D eigenvalue weighted by molar-refractivity contribution is -0.282. The Hall–Kier alpha value is -0.200. The standard InChI is InChI=1S/C13H22O5/c1-6(2)11-14-5-8-9(16-11)10-13(15-8)18-12(17-10)7(3)4/h6-13H,5H2,1-4H3/t8-,9+,10-,11?,12?,13-/m1/s1. The molecule has 0 aromatic rings. The summed E-state index contributed by atoms with van der Waals surface area (Å²) in [5.41, 5.74) is 0. The molecule has 5 heteroatoms. The van der Waals surface area contributed by atoms with E-state index in [1.807, 2.05) is 0 Å². The zero-order valence-corrected chi connectivity index (χ0v) is 11.4. The first kappa shape index (κ1) is 12.8. The highest BCUT2D eigenvalue weighted by molar-refractivity contribution is 4.94. The summed E-state index contributed by atoms with van der Waals surface area (Å²) >= 11 is 0. The van der Waals surface area contributed by atoms with Crippen LogP contribution < -0.4 is 0 Å². The number of fused-ring (bicyclic) bond motifs is 3. The largest absolute Gasteiger partial charge is 0.350 e.